The Morgan fingerprint density at radius 2 is 1.65 bits per heavy atom. The molecule has 5 rings (SSSR count). The van der Waals surface area contributed by atoms with E-state index >= 15 is 0 Å². The van der Waals surface area contributed by atoms with Crippen LogP contribution in [0.2, 0.25) is 0 Å². The lowest BCUT2D eigenvalue weighted by Crippen LogP contribution is -2.47. The van der Waals surface area contributed by atoms with Gasteiger partial charge < -0.3 is 4.74 Å². The van der Waals surface area contributed by atoms with Gasteiger partial charge in [-0.15, -0.1) is 0 Å². The summed E-state index contributed by atoms with van der Waals surface area (Å²) in [6.45, 7) is 5.39. The summed E-state index contributed by atoms with van der Waals surface area (Å²) in [7, 11) is 0. The van der Waals surface area contributed by atoms with Crippen LogP contribution in [0.3, 0.4) is 0 Å². The molecule has 1 saturated heterocycles. The first-order valence-corrected chi connectivity index (χ1v) is 11.0. The Morgan fingerprint density at radius 3 is 2.48 bits per heavy atom. The second kappa shape index (κ2) is 9.04. The molecule has 0 N–H and O–H groups in total. The molecule has 3 aromatic rings. The van der Waals surface area contributed by atoms with Gasteiger partial charge in [0.1, 0.15) is 18.2 Å². The third kappa shape index (κ3) is 4.41. The molecule has 0 saturated carbocycles. The maximum atomic E-state index is 13.9. The number of ether oxygens (including phenoxy) is 1. The molecule has 0 bridgehead atoms. The van der Waals surface area contributed by atoms with Crippen molar-refractivity contribution in [3.63, 3.8) is 0 Å². The first kappa shape index (κ1) is 20.0. The lowest BCUT2D eigenvalue weighted by atomic mass is 9.93. The highest BCUT2D eigenvalue weighted by Crippen LogP contribution is 2.40. The van der Waals surface area contributed by atoms with Crippen molar-refractivity contribution in [3.8, 4) is 5.75 Å². The molecule has 158 valence electrons. The molecule has 2 aliphatic heterocycles. The minimum atomic E-state index is -0.251. The Balaban J connectivity index is 1.32. The average Bonchev–Trinajstić information content (AvgIpc) is 2.97. The van der Waals surface area contributed by atoms with Gasteiger partial charge in [-0.25, -0.2) is 4.39 Å². The highest BCUT2D eigenvalue weighted by Gasteiger charge is 2.31. The maximum absolute atomic E-state index is 13.9. The summed E-state index contributed by atoms with van der Waals surface area (Å²) < 4.78 is 19.9. The van der Waals surface area contributed by atoms with E-state index in [2.05, 4.69) is 64.4 Å². The van der Waals surface area contributed by atoms with Gasteiger partial charge in [0.25, 0.3) is 0 Å². The lowest BCUT2D eigenvalue weighted by molar-refractivity contribution is 0.117. The molecule has 1 atom stereocenters. The second-order valence-corrected chi connectivity index (χ2v) is 8.22. The molecule has 1 fully saturated rings. The van der Waals surface area contributed by atoms with E-state index in [1.165, 1.54) is 22.8 Å². The van der Waals surface area contributed by atoms with E-state index in [1.54, 1.807) is 6.07 Å². The zero-order chi connectivity index (χ0) is 21.0. The molecule has 4 heteroatoms. The van der Waals surface area contributed by atoms with Crippen LogP contribution in [0.5, 0.6) is 5.75 Å². The van der Waals surface area contributed by atoms with Crippen molar-refractivity contribution in [1.29, 1.82) is 0 Å². The van der Waals surface area contributed by atoms with Gasteiger partial charge in [0.2, 0.25) is 0 Å². The molecular weight excluding hydrogens is 387 g/mol. The summed E-state index contributed by atoms with van der Waals surface area (Å²) in [5, 5.41) is 0. The molecule has 0 aromatic heterocycles. The Bertz CT molecular complexity index is 1060. The Kier molecular flexibility index (Phi) is 5.83. The number of hydrogen-bond acceptors (Lipinski definition) is 3. The average molecular weight is 415 g/mol. The van der Waals surface area contributed by atoms with Crippen LogP contribution in [0.25, 0.3) is 6.08 Å². The molecule has 0 aliphatic carbocycles. The van der Waals surface area contributed by atoms with Crippen LogP contribution in [-0.2, 0) is 6.61 Å². The molecule has 2 aliphatic rings. The van der Waals surface area contributed by atoms with Crippen molar-refractivity contribution in [2.45, 2.75) is 12.6 Å². The van der Waals surface area contributed by atoms with Crippen molar-refractivity contribution in [1.82, 2.24) is 9.80 Å². The van der Waals surface area contributed by atoms with Gasteiger partial charge in [-0.05, 0) is 22.8 Å². The van der Waals surface area contributed by atoms with E-state index in [0.717, 1.165) is 38.3 Å². The van der Waals surface area contributed by atoms with Gasteiger partial charge in [-0.3, -0.25) is 9.80 Å². The van der Waals surface area contributed by atoms with Crippen LogP contribution in [0.4, 0.5) is 4.39 Å². The number of halogens is 1. The van der Waals surface area contributed by atoms with Gasteiger partial charge in [0, 0.05) is 44.4 Å². The lowest BCUT2D eigenvalue weighted by Gasteiger charge is -2.39. The molecule has 3 nitrogen and oxygen atoms in total. The normalized spacial score (nSPS) is 19.5. The minimum absolute atomic E-state index is 0.0938. The summed E-state index contributed by atoms with van der Waals surface area (Å²) >= 11 is 0. The van der Waals surface area contributed by atoms with Crippen LogP contribution in [-0.4, -0.2) is 42.5 Å². The first-order valence-electron chi connectivity index (χ1n) is 11.0. The highest BCUT2D eigenvalue weighted by molar-refractivity contribution is 5.49. The number of benzene rings is 3. The van der Waals surface area contributed by atoms with Gasteiger partial charge in [-0.2, -0.15) is 0 Å². The Labute approximate surface area is 183 Å². The molecule has 31 heavy (non-hydrogen) atoms. The molecule has 0 amide bonds. The largest absolute Gasteiger partial charge is 0.488 e. The van der Waals surface area contributed by atoms with E-state index in [1.807, 2.05) is 18.2 Å². The standard InChI is InChI=1S/C27H27FN2O/c28-23-12-13-25-26(19-23)31-20-22-10-4-5-11-24(22)27(25)30-17-15-29(16-18-30)14-6-9-21-7-2-1-3-8-21/h1-13,19,27H,14-18,20H2. The van der Waals surface area contributed by atoms with E-state index in [4.69, 9.17) is 4.74 Å². The number of rotatable bonds is 4. The fraction of sp³-hybridized carbons (Fsp3) is 0.259. The van der Waals surface area contributed by atoms with E-state index in [-0.39, 0.29) is 11.9 Å². The molecule has 0 spiro atoms. The van der Waals surface area contributed by atoms with Crippen LogP contribution in [0, 0.1) is 5.82 Å². The summed E-state index contributed by atoms with van der Waals surface area (Å²) in [6, 6.07) is 23.9. The second-order valence-electron chi connectivity index (χ2n) is 8.22. The summed E-state index contributed by atoms with van der Waals surface area (Å²) in [5.41, 5.74) is 4.74. The van der Waals surface area contributed by atoms with Crippen LogP contribution in [0.15, 0.2) is 78.9 Å². The van der Waals surface area contributed by atoms with Crippen LogP contribution >= 0.6 is 0 Å². The van der Waals surface area contributed by atoms with Crippen molar-refractivity contribution in [3.05, 3.63) is 107 Å². The minimum Gasteiger partial charge on any atom is -0.488 e. The van der Waals surface area contributed by atoms with E-state index in [0.29, 0.717) is 12.4 Å². The molecule has 1 unspecified atom stereocenters. The third-order valence-corrected chi connectivity index (χ3v) is 6.25. The number of fused-ring (bicyclic) bond motifs is 2. The summed E-state index contributed by atoms with van der Waals surface area (Å²) in [5.74, 6) is 0.410. The van der Waals surface area contributed by atoms with Crippen molar-refractivity contribution in [2.75, 3.05) is 32.7 Å². The third-order valence-electron chi connectivity index (χ3n) is 6.25. The smallest absolute Gasteiger partial charge is 0.127 e. The number of hydrogen-bond donors (Lipinski definition) is 0. The summed E-state index contributed by atoms with van der Waals surface area (Å²) in [6.07, 6.45) is 4.44. The monoisotopic (exact) mass is 414 g/mol. The van der Waals surface area contributed by atoms with Gasteiger partial charge in [-0.1, -0.05) is 72.8 Å². The molecule has 2 heterocycles. The predicted octanol–water partition coefficient (Wildman–Crippen LogP) is 5.14. The van der Waals surface area contributed by atoms with Crippen molar-refractivity contribution < 1.29 is 9.13 Å². The van der Waals surface area contributed by atoms with Crippen molar-refractivity contribution >= 4 is 6.08 Å². The highest BCUT2D eigenvalue weighted by atomic mass is 19.1. The first-order chi connectivity index (χ1) is 15.3. The summed E-state index contributed by atoms with van der Waals surface area (Å²) in [4.78, 5) is 5.00. The zero-order valence-corrected chi connectivity index (χ0v) is 17.6. The predicted molar refractivity (Wildman–Crippen MR) is 123 cm³/mol. The van der Waals surface area contributed by atoms with Crippen LogP contribution in [0.1, 0.15) is 28.3 Å². The number of piperazine rings is 1. The quantitative estimate of drug-likeness (QED) is 0.588. The number of nitrogens with zero attached hydrogens (tertiary/aromatic N) is 2. The van der Waals surface area contributed by atoms with Crippen LogP contribution < -0.4 is 4.74 Å². The topological polar surface area (TPSA) is 15.7 Å². The van der Waals surface area contributed by atoms with E-state index in [9.17, 15) is 4.39 Å². The zero-order valence-electron chi connectivity index (χ0n) is 17.6. The molecular formula is C27H27FN2O. The molecule has 3 aromatic carbocycles. The fourth-order valence-electron chi connectivity index (χ4n) is 4.61. The Morgan fingerprint density at radius 1 is 0.871 bits per heavy atom. The Hall–Kier alpha value is -2.95. The van der Waals surface area contributed by atoms with Gasteiger partial charge in [0.15, 0.2) is 0 Å². The SMILES string of the molecule is Fc1ccc2c(c1)OCc1ccccc1C2N1CCN(CC=Cc2ccccc2)CC1. The van der Waals surface area contributed by atoms with Gasteiger partial charge in [0.05, 0.1) is 6.04 Å². The molecule has 0 radical (unpaired) electrons. The van der Waals surface area contributed by atoms with Crippen molar-refractivity contribution in [2.24, 2.45) is 0 Å². The fourth-order valence-corrected chi connectivity index (χ4v) is 4.61. The van der Waals surface area contributed by atoms with E-state index < -0.39 is 0 Å². The maximum Gasteiger partial charge on any atom is 0.127 e. The van der Waals surface area contributed by atoms with Gasteiger partial charge >= 0.3 is 0 Å².